The molecule has 0 fully saturated rings. The molecule has 1 N–H and O–H groups in total. The Morgan fingerprint density at radius 1 is 1.30 bits per heavy atom. The number of benzene rings is 1. The summed E-state index contributed by atoms with van der Waals surface area (Å²) in [6, 6.07) is 5.29. The van der Waals surface area contributed by atoms with Crippen LogP contribution in [0.25, 0.3) is 4.96 Å². The van der Waals surface area contributed by atoms with E-state index in [1.807, 2.05) is 26.8 Å². The lowest BCUT2D eigenvalue weighted by Crippen LogP contribution is -2.39. The Hall–Kier alpha value is -2.30. The van der Waals surface area contributed by atoms with Crippen molar-refractivity contribution in [1.82, 2.24) is 14.3 Å². The van der Waals surface area contributed by atoms with Gasteiger partial charge < -0.3 is 9.64 Å². The Kier molecular flexibility index (Phi) is 5.19. The van der Waals surface area contributed by atoms with Crippen molar-refractivity contribution < 1.29 is 17.9 Å². The zero-order chi connectivity index (χ0) is 21.7. The standard InChI is InChI=1S/C19H21ClN4O4S2/c1-19(2,3)28-18(25)23-7-6-12-10-14(5-4-13(12)11-23)22-30(26,27)16-15(20)21-17-24(16)8-9-29-17/h4-5,8-10,22H,6-7,11H2,1-3H3. The number of thiazole rings is 1. The molecule has 8 nitrogen and oxygen atoms in total. The van der Waals surface area contributed by atoms with Crippen molar-refractivity contribution in [2.45, 2.75) is 44.4 Å². The third-order valence-electron chi connectivity index (χ3n) is 4.56. The molecule has 0 saturated heterocycles. The highest BCUT2D eigenvalue weighted by Crippen LogP contribution is 2.29. The Balaban J connectivity index is 1.54. The zero-order valence-corrected chi connectivity index (χ0v) is 19.1. The van der Waals surface area contributed by atoms with Crippen LogP contribution in [0.15, 0.2) is 34.8 Å². The maximum absolute atomic E-state index is 12.9. The van der Waals surface area contributed by atoms with E-state index in [9.17, 15) is 13.2 Å². The third-order valence-corrected chi connectivity index (χ3v) is 7.09. The third kappa shape index (κ3) is 4.12. The summed E-state index contributed by atoms with van der Waals surface area (Å²) in [5, 5.41) is 1.59. The number of ether oxygens (including phenoxy) is 1. The zero-order valence-electron chi connectivity index (χ0n) is 16.7. The van der Waals surface area contributed by atoms with Crippen LogP contribution in [-0.4, -0.2) is 40.9 Å². The van der Waals surface area contributed by atoms with Crippen LogP contribution >= 0.6 is 22.9 Å². The molecule has 1 aromatic carbocycles. The number of halogens is 1. The Bertz CT molecular complexity index is 1230. The Morgan fingerprint density at radius 2 is 2.07 bits per heavy atom. The second-order valence-electron chi connectivity index (χ2n) is 8.00. The molecular weight excluding hydrogens is 448 g/mol. The number of amides is 1. The number of aromatic nitrogens is 2. The van der Waals surface area contributed by atoms with Gasteiger partial charge in [0.1, 0.15) is 5.60 Å². The number of carbonyl (C=O) groups excluding carboxylic acids is 1. The minimum Gasteiger partial charge on any atom is -0.444 e. The lowest BCUT2D eigenvalue weighted by molar-refractivity contribution is 0.0224. The van der Waals surface area contributed by atoms with Gasteiger partial charge in [0.15, 0.2) is 15.1 Å². The lowest BCUT2D eigenvalue weighted by atomic mass is 9.99. The van der Waals surface area contributed by atoms with Crippen molar-refractivity contribution in [3.63, 3.8) is 0 Å². The average Bonchev–Trinajstić information content (AvgIpc) is 3.19. The summed E-state index contributed by atoms with van der Waals surface area (Å²) >= 11 is 7.37. The van der Waals surface area contributed by atoms with Gasteiger partial charge in [0.05, 0.1) is 0 Å². The number of rotatable bonds is 3. The van der Waals surface area contributed by atoms with E-state index >= 15 is 0 Å². The highest BCUT2D eigenvalue weighted by Gasteiger charge is 2.28. The molecule has 30 heavy (non-hydrogen) atoms. The molecule has 0 aliphatic carbocycles. The maximum Gasteiger partial charge on any atom is 0.410 e. The number of imidazole rings is 1. The van der Waals surface area contributed by atoms with Crippen LogP contribution in [0.3, 0.4) is 0 Å². The normalized spacial score (nSPS) is 14.6. The van der Waals surface area contributed by atoms with E-state index in [1.165, 1.54) is 15.7 Å². The number of fused-ring (bicyclic) bond motifs is 2. The molecule has 4 rings (SSSR count). The Labute approximate surface area is 183 Å². The summed E-state index contributed by atoms with van der Waals surface area (Å²) in [4.78, 5) is 18.6. The predicted molar refractivity (Wildman–Crippen MR) is 116 cm³/mol. The monoisotopic (exact) mass is 468 g/mol. The van der Waals surface area contributed by atoms with E-state index in [0.29, 0.717) is 30.2 Å². The van der Waals surface area contributed by atoms with Gasteiger partial charge in [-0.25, -0.2) is 9.78 Å². The molecule has 1 aliphatic rings. The van der Waals surface area contributed by atoms with Gasteiger partial charge in [-0.15, -0.1) is 11.3 Å². The van der Waals surface area contributed by atoms with E-state index in [0.717, 1.165) is 11.1 Å². The molecule has 3 heterocycles. The number of carbonyl (C=O) groups is 1. The smallest absolute Gasteiger partial charge is 0.410 e. The van der Waals surface area contributed by atoms with Crippen LogP contribution in [0.2, 0.25) is 5.15 Å². The summed E-state index contributed by atoms with van der Waals surface area (Å²) in [7, 11) is -3.93. The fourth-order valence-electron chi connectivity index (χ4n) is 3.28. The van der Waals surface area contributed by atoms with Crippen LogP contribution in [0.5, 0.6) is 0 Å². The van der Waals surface area contributed by atoms with E-state index in [2.05, 4.69) is 9.71 Å². The van der Waals surface area contributed by atoms with Crippen molar-refractivity contribution in [1.29, 1.82) is 0 Å². The summed E-state index contributed by atoms with van der Waals surface area (Å²) in [6.07, 6.45) is 1.87. The lowest BCUT2D eigenvalue weighted by Gasteiger charge is -2.31. The quantitative estimate of drug-likeness (QED) is 0.623. The minimum atomic E-state index is -3.93. The molecule has 0 unspecified atom stereocenters. The molecule has 11 heteroatoms. The minimum absolute atomic E-state index is 0.0692. The number of anilines is 1. The number of hydrogen-bond donors (Lipinski definition) is 1. The van der Waals surface area contributed by atoms with Gasteiger partial charge in [0, 0.05) is 30.4 Å². The van der Waals surface area contributed by atoms with Gasteiger partial charge in [-0.05, 0) is 50.5 Å². The Morgan fingerprint density at radius 3 is 2.80 bits per heavy atom. The molecular formula is C19H21ClN4O4S2. The van der Waals surface area contributed by atoms with Crippen molar-refractivity contribution in [3.8, 4) is 0 Å². The number of hydrogen-bond acceptors (Lipinski definition) is 6. The van der Waals surface area contributed by atoms with Gasteiger partial charge in [0.25, 0.3) is 10.0 Å². The van der Waals surface area contributed by atoms with Crippen LogP contribution in [-0.2, 0) is 27.7 Å². The fraction of sp³-hybridized carbons (Fsp3) is 0.368. The first kappa shape index (κ1) is 21.0. The molecule has 2 aromatic heterocycles. The van der Waals surface area contributed by atoms with Crippen molar-refractivity contribution in [3.05, 3.63) is 46.1 Å². The number of sulfonamides is 1. The highest BCUT2D eigenvalue weighted by atomic mass is 35.5. The first-order valence-corrected chi connectivity index (χ1v) is 12.0. The van der Waals surface area contributed by atoms with Gasteiger partial charge in [-0.2, -0.15) is 8.42 Å². The summed E-state index contributed by atoms with van der Waals surface area (Å²) in [5.41, 5.74) is 1.82. The largest absolute Gasteiger partial charge is 0.444 e. The van der Waals surface area contributed by atoms with E-state index < -0.39 is 15.6 Å². The molecule has 0 bridgehead atoms. The molecule has 0 saturated carbocycles. The van der Waals surface area contributed by atoms with Gasteiger partial charge >= 0.3 is 6.09 Å². The average molecular weight is 469 g/mol. The first-order valence-electron chi connectivity index (χ1n) is 9.27. The van der Waals surface area contributed by atoms with Gasteiger partial charge in [-0.3, -0.25) is 9.12 Å². The molecule has 160 valence electrons. The van der Waals surface area contributed by atoms with Gasteiger partial charge in [-0.1, -0.05) is 17.7 Å². The van der Waals surface area contributed by atoms with Crippen LogP contribution < -0.4 is 4.72 Å². The predicted octanol–water partition coefficient (Wildman–Crippen LogP) is 4.14. The molecule has 1 aliphatic heterocycles. The summed E-state index contributed by atoms with van der Waals surface area (Å²) < 4.78 is 35.3. The van der Waals surface area contributed by atoms with Crippen LogP contribution in [0, 0.1) is 0 Å². The molecule has 0 atom stereocenters. The van der Waals surface area contributed by atoms with Crippen molar-refractivity contribution in [2.24, 2.45) is 0 Å². The second kappa shape index (κ2) is 7.44. The fourth-order valence-corrected chi connectivity index (χ4v) is 5.79. The SMILES string of the molecule is CC(C)(C)OC(=O)N1CCc2cc(NS(=O)(=O)c3c(Cl)nc4sccn34)ccc2C1. The second-order valence-corrected chi connectivity index (χ2v) is 10.8. The molecule has 1 amide bonds. The number of nitrogens with one attached hydrogen (secondary N) is 1. The molecule has 3 aromatic rings. The molecule has 0 radical (unpaired) electrons. The first-order chi connectivity index (χ1) is 14.0. The maximum atomic E-state index is 12.9. The van der Waals surface area contributed by atoms with Crippen molar-refractivity contribution in [2.75, 3.05) is 11.3 Å². The van der Waals surface area contributed by atoms with Crippen LogP contribution in [0.4, 0.5) is 10.5 Å². The summed E-state index contributed by atoms with van der Waals surface area (Å²) in [6.45, 7) is 6.41. The highest BCUT2D eigenvalue weighted by molar-refractivity contribution is 7.92. The molecule has 0 spiro atoms. The van der Waals surface area contributed by atoms with Crippen molar-refractivity contribution >= 4 is 49.7 Å². The number of nitrogens with zero attached hydrogens (tertiary/aromatic N) is 3. The summed E-state index contributed by atoms with van der Waals surface area (Å²) in [5.74, 6) is 0. The van der Waals surface area contributed by atoms with Gasteiger partial charge in [0.2, 0.25) is 0 Å². The van der Waals surface area contributed by atoms with E-state index in [4.69, 9.17) is 16.3 Å². The van der Waals surface area contributed by atoms with Crippen LogP contribution in [0.1, 0.15) is 31.9 Å². The topological polar surface area (TPSA) is 93.0 Å². The van der Waals surface area contributed by atoms with E-state index in [1.54, 1.807) is 28.6 Å². The van der Waals surface area contributed by atoms with E-state index in [-0.39, 0.29) is 16.3 Å².